The fourth-order valence-corrected chi connectivity index (χ4v) is 1.69. The van der Waals surface area contributed by atoms with E-state index in [4.69, 9.17) is 19.4 Å². The normalized spacial score (nSPS) is 9.68. The van der Waals surface area contributed by atoms with Gasteiger partial charge in [0.2, 0.25) is 0 Å². The first-order valence-corrected chi connectivity index (χ1v) is 13.3. The van der Waals surface area contributed by atoms with Gasteiger partial charge in [-0.15, -0.1) is 7.92 Å². The van der Waals surface area contributed by atoms with Crippen LogP contribution in [-0.4, -0.2) is 20.0 Å². The molecule has 0 heterocycles. The quantitative estimate of drug-likeness (QED) is 0.349. The van der Waals surface area contributed by atoms with E-state index in [1.165, 1.54) is 33.4 Å². The van der Waals surface area contributed by atoms with Crippen molar-refractivity contribution in [1.29, 1.82) is 0 Å². The molecule has 0 N–H and O–H groups in total. The predicted molar refractivity (Wildman–Crippen MR) is 91.3 cm³/mol. The van der Waals surface area contributed by atoms with Gasteiger partial charge in [-0.2, -0.15) is 0 Å². The summed E-state index contributed by atoms with van der Waals surface area (Å²) in [5.41, 5.74) is 8.73. The Hall–Kier alpha value is 0.853. The average Bonchev–Trinajstić information content (AvgIpc) is 2.32. The Labute approximate surface area is 137 Å². The molecule has 0 bridgehead atoms. The van der Waals surface area contributed by atoms with E-state index in [2.05, 4.69) is 61.5 Å². The van der Waals surface area contributed by atoms with Gasteiger partial charge in [-0.05, 0) is 94.9 Å². The van der Waals surface area contributed by atoms with Gasteiger partial charge in [0.25, 0.3) is 0 Å². The first-order chi connectivity index (χ1) is 8.61. The van der Waals surface area contributed by atoms with Crippen LogP contribution in [0, 0.1) is 41.5 Å². The first kappa shape index (κ1) is 22.1. The van der Waals surface area contributed by atoms with Crippen LogP contribution in [0.1, 0.15) is 33.4 Å². The van der Waals surface area contributed by atoms with Crippen LogP contribution >= 0.6 is 27.3 Å². The Morgan fingerprint density at radius 3 is 0.684 bits per heavy atom. The third-order valence-electron chi connectivity index (χ3n) is 3.38. The van der Waals surface area contributed by atoms with Gasteiger partial charge in [0.05, 0.1) is 0 Å². The molecule has 1 rings (SSSR count). The number of rotatable bonds is 0. The molecule has 1 aromatic rings. The van der Waals surface area contributed by atoms with Crippen LogP contribution in [0.5, 0.6) is 0 Å². The summed E-state index contributed by atoms with van der Waals surface area (Å²) in [6, 6.07) is 0. The molecule has 0 aliphatic heterocycles. The molecular formula is C15H27Cl2PRu. The maximum atomic E-state index is 4.85. The molecule has 114 valence electrons. The average molecular weight is 410 g/mol. The monoisotopic (exact) mass is 410 g/mol. The molecule has 0 aliphatic carbocycles. The van der Waals surface area contributed by atoms with Crippen molar-refractivity contribution < 1.29 is 15.1 Å². The fraction of sp³-hybridized carbons (Fsp3) is 0.600. The van der Waals surface area contributed by atoms with Crippen LogP contribution in [-0.2, 0) is 15.1 Å². The second kappa shape index (κ2) is 11.5. The Kier molecular flexibility index (Phi) is 13.4. The minimum atomic E-state index is -0.346. The van der Waals surface area contributed by atoms with Gasteiger partial charge in [-0.3, -0.25) is 0 Å². The topological polar surface area (TPSA) is 0 Å². The third kappa shape index (κ3) is 8.67. The molecule has 0 radical (unpaired) electrons. The van der Waals surface area contributed by atoms with Crippen molar-refractivity contribution in [1.82, 2.24) is 0 Å². The number of benzene rings is 1. The van der Waals surface area contributed by atoms with Crippen molar-refractivity contribution in [3.63, 3.8) is 0 Å². The van der Waals surface area contributed by atoms with E-state index >= 15 is 0 Å². The van der Waals surface area contributed by atoms with Gasteiger partial charge in [0.1, 0.15) is 0 Å². The van der Waals surface area contributed by atoms with Gasteiger partial charge in [0.15, 0.2) is 0 Å². The Balaban J connectivity index is 0. The molecule has 0 fully saturated rings. The zero-order valence-corrected chi connectivity index (χ0v) is 17.7. The Morgan fingerprint density at radius 1 is 0.579 bits per heavy atom. The zero-order chi connectivity index (χ0) is 15.7. The minimum absolute atomic E-state index is 0.346. The van der Waals surface area contributed by atoms with Crippen molar-refractivity contribution in [3.8, 4) is 0 Å². The summed E-state index contributed by atoms with van der Waals surface area (Å²) in [6.07, 6.45) is 0. The summed E-state index contributed by atoms with van der Waals surface area (Å²) in [4.78, 5) is 0. The summed E-state index contributed by atoms with van der Waals surface area (Å²) >= 11 is -0.346. The molecule has 4 heteroatoms. The molecule has 0 saturated heterocycles. The van der Waals surface area contributed by atoms with Gasteiger partial charge >= 0.3 is 34.5 Å². The molecular weight excluding hydrogens is 383 g/mol. The zero-order valence-electron chi connectivity index (χ0n) is 13.6. The van der Waals surface area contributed by atoms with Gasteiger partial charge in [-0.1, -0.05) is 0 Å². The van der Waals surface area contributed by atoms with Crippen molar-refractivity contribution in [2.24, 2.45) is 0 Å². The van der Waals surface area contributed by atoms with E-state index in [9.17, 15) is 0 Å². The van der Waals surface area contributed by atoms with Crippen LogP contribution < -0.4 is 0 Å². The predicted octanol–water partition coefficient (Wildman–Crippen LogP) is 6.27. The van der Waals surface area contributed by atoms with Crippen molar-refractivity contribution in [3.05, 3.63) is 33.4 Å². The SMILES string of the molecule is CP(C)C.Cc1c(C)c(C)c(C)c(C)c1C.[Cl][Ru][Cl]. The van der Waals surface area contributed by atoms with Crippen molar-refractivity contribution in [2.45, 2.75) is 41.5 Å². The molecule has 19 heavy (non-hydrogen) atoms. The summed E-state index contributed by atoms with van der Waals surface area (Å²) in [5, 5.41) is 0. The van der Waals surface area contributed by atoms with Gasteiger partial charge in [0, 0.05) is 0 Å². The molecule has 0 saturated carbocycles. The summed E-state index contributed by atoms with van der Waals surface area (Å²) in [5.74, 6) is 0. The van der Waals surface area contributed by atoms with Gasteiger partial charge < -0.3 is 0 Å². The molecule has 0 amide bonds. The van der Waals surface area contributed by atoms with Crippen molar-refractivity contribution >= 4 is 27.3 Å². The molecule has 0 aromatic heterocycles. The number of hydrogen-bond donors (Lipinski definition) is 0. The molecule has 1 aromatic carbocycles. The van der Waals surface area contributed by atoms with Crippen LogP contribution in [0.15, 0.2) is 0 Å². The van der Waals surface area contributed by atoms with Crippen molar-refractivity contribution in [2.75, 3.05) is 20.0 Å². The Bertz CT molecular complexity index is 282. The van der Waals surface area contributed by atoms with E-state index in [1.807, 2.05) is 0 Å². The van der Waals surface area contributed by atoms with Crippen LogP contribution in [0.3, 0.4) is 0 Å². The molecule has 0 spiro atoms. The molecule has 0 nitrogen and oxygen atoms in total. The fourth-order valence-electron chi connectivity index (χ4n) is 1.69. The third-order valence-corrected chi connectivity index (χ3v) is 3.38. The molecule has 0 atom stereocenters. The van der Waals surface area contributed by atoms with E-state index < -0.39 is 0 Å². The van der Waals surface area contributed by atoms with Crippen LogP contribution in [0.2, 0.25) is 0 Å². The van der Waals surface area contributed by atoms with E-state index in [-0.39, 0.29) is 15.1 Å². The second-order valence-electron chi connectivity index (χ2n) is 5.14. The van der Waals surface area contributed by atoms with Crippen LogP contribution in [0.25, 0.3) is 0 Å². The number of halogens is 2. The molecule has 0 unspecified atom stereocenters. The van der Waals surface area contributed by atoms with Gasteiger partial charge in [-0.25, -0.2) is 0 Å². The van der Waals surface area contributed by atoms with E-state index in [1.54, 1.807) is 0 Å². The van der Waals surface area contributed by atoms with E-state index in [0.717, 1.165) is 0 Å². The summed E-state index contributed by atoms with van der Waals surface area (Å²) < 4.78 is 0. The Morgan fingerprint density at radius 2 is 0.632 bits per heavy atom. The van der Waals surface area contributed by atoms with E-state index in [0.29, 0.717) is 7.92 Å². The molecule has 0 aliphatic rings. The summed E-state index contributed by atoms with van der Waals surface area (Å²) in [7, 11) is 10.1. The van der Waals surface area contributed by atoms with Crippen LogP contribution in [0.4, 0.5) is 0 Å². The number of hydrogen-bond acceptors (Lipinski definition) is 0. The summed E-state index contributed by atoms with van der Waals surface area (Å²) in [6.45, 7) is 20.0. The maximum absolute atomic E-state index is 4.85. The first-order valence-electron chi connectivity index (χ1n) is 6.11. The second-order valence-corrected chi connectivity index (χ2v) is 10.5. The standard InChI is InChI=1S/C12H18.C3H9P.2ClH.Ru/c1-7-8(2)10(4)12(6)11(5)9(7)3;1-4(2)3;;;/h1-6H3;1-3H3;2*1H;/q;;;;+2/p-2.